The molecule has 4 N–H and O–H groups in total. The Kier molecular flexibility index (Phi) is 4.20. The third-order valence-electron chi connectivity index (χ3n) is 3.07. The largest absolute Gasteiger partial charge is 0.399 e. The maximum absolute atomic E-state index is 5.73. The zero-order valence-electron chi connectivity index (χ0n) is 12.1. The van der Waals surface area contributed by atoms with E-state index in [1.165, 1.54) is 0 Å². The number of aromatic nitrogens is 3. The van der Waals surface area contributed by atoms with Gasteiger partial charge in [-0.3, -0.25) is 0 Å². The first-order chi connectivity index (χ1) is 10.8. The lowest BCUT2D eigenvalue weighted by Gasteiger charge is -2.05. The predicted octanol–water partition coefficient (Wildman–Crippen LogP) is 2.73. The van der Waals surface area contributed by atoms with Crippen LogP contribution in [-0.2, 0) is 0 Å². The summed E-state index contributed by atoms with van der Waals surface area (Å²) in [7, 11) is 1.81. The van der Waals surface area contributed by atoms with Gasteiger partial charge in [0.1, 0.15) is 0 Å². The number of hydrogen-bond acceptors (Lipinski definition) is 5. The van der Waals surface area contributed by atoms with E-state index in [1.54, 1.807) is 25.0 Å². The van der Waals surface area contributed by atoms with E-state index in [9.17, 15) is 0 Å². The molecule has 110 valence electrons. The standard InChI is InChI=1S/C16H15N5S/c1-18-16-20-10-8-14(21-16)13-3-2-9-19-15(13)22-12-6-4-11(17)5-7-12/h2-10H,17H2,1H3,(H,18,20,21)/p+1. The second-order valence-electron chi connectivity index (χ2n) is 4.60. The number of nitrogen functional groups attached to an aromatic ring is 1. The van der Waals surface area contributed by atoms with Crippen molar-refractivity contribution >= 4 is 23.4 Å². The summed E-state index contributed by atoms with van der Waals surface area (Å²) in [6.07, 6.45) is 3.65. The van der Waals surface area contributed by atoms with Crippen LogP contribution in [-0.4, -0.2) is 17.0 Å². The number of anilines is 2. The number of hydrogen-bond donors (Lipinski definition) is 2. The summed E-state index contributed by atoms with van der Waals surface area (Å²) in [5, 5.41) is 3.98. The van der Waals surface area contributed by atoms with Gasteiger partial charge < -0.3 is 11.1 Å². The summed E-state index contributed by atoms with van der Waals surface area (Å²) >= 11 is 1.64. The van der Waals surface area contributed by atoms with Crippen LogP contribution in [0.2, 0.25) is 0 Å². The summed E-state index contributed by atoms with van der Waals surface area (Å²) in [6, 6.07) is 13.7. The second kappa shape index (κ2) is 6.44. The first-order valence-corrected chi connectivity index (χ1v) is 7.63. The molecule has 0 spiro atoms. The highest BCUT2D eigenvalue weighted by Crippen LogP contribution is 2.32. The van der Waals surface area contributed by atoms with Crippen molar-refractivity contribution in [3.05, 3.63) is 54.9 Å². The Morgan fingerprint density at radius 3 is 2.73 bits per heavy atom. The number of benzene rings is 1. The maximum Gasteiger partial charge on any atom is 0.252 e. The molecule has 2 heterocycles. The minimum Gasteiger partial charge on any atom is -0.399 e. The lowest BCUT2D eigenvalue weighted by molar-refractivity contribution is -0.425. The van der Waals surface area contributed by atoms with Gasteiger partial charge in [-0.2, -0.15) is 0 Å². The molecule has 0 bridgehead atoms. The van der Waals surface area contributed by atoms with Gasteiger partial charge in [0.15, 0.2) is 6.20 Å². The molecule has 0 aliphatic heterocycles. The summed E-state index contributed by atoms with van der Waals surface area (Å²) in [5.74, 6) is 0.602. The molecule has 0 saturated heterocycles. The molecule has 0 fully saturated rings. The quantitative estimate of drug-likeness (QED) is 0.724. The van der Waals surface area contributed by atoms with E-state index in [-0.39, 0.29) is 0 Å². The van der Waals surface area contributed by atoms with Crippen LogP contribution in [0, 0.1) is 0 Å². The smallest absolute Gasteiger partial charge is 0.252 e. The highest BCUT2D eigenvalue weighted by atomic mass is 32.2. The van der Waals surface area contributed by atoms with Crippen molar-refractivity contribution in [3.63, 3.8) is 0 Å². The van der Waals surface area contributed by atoms with Gasteiger partial charge in [-0.15, -0.1) is 0 Å². The summed E-state index contributed by atoms with van der Waals surface area (Å²) in [4.78, 5) is 13.1. The van der Waals surface area contributed by atoms with E-state index in [2.05, 4.69) is 20.3 Å². The molecule has 5 nitrogen and oxygen atoms in total. The van der Waals surface area contributed by atoms with Crippen molar-refractivity contribution < 1.29 is 4.98 Å². The number of nitrogens with zero attached hydrogens (tertiary/aromatic N) is 2. The van der Waals surface area contributed by atoms with Crippen LogP contribution in [0.15, 0.2) is 64.8 Å². The fourth-order valence-electron chi connectivity index (χ4n) is 1.99. The fraction of sp³-hybridized carbons (Fsp3) is 0.0625. The van der Waals surface area contributed by atoms with Gasteiger partial charge in [-0.1, -0.05) is 0 Å². The molecule has 0 amide bonds. The van der Waals surface area contributed by atoms with E-state index in [0.29, 0.717) is 5.95 Å². The van der Waals surface area contributed by atoms with Gasteiger partial charge in [0.2, 0.25) is 5.95 Å². The Balaban J connectivity index is 1.97. The molecule has 0 saturated carbocycles. The monoisotopic (exact) mass is 310 g/mol. The molecule has 3 aromatic rings. The molecular formula is C16H16N5S+. The van der Waals surface area contributed by atoms with Gasteiger partial charge in [-0.05, 0) is 48.2 Å². The SMILES string of the molecule is CNc1nccc(-c2ccc[nH+]c2Sc2ccc(N)cc2)n1. The van der Waals surface area contributed by atoms with Crippen LogP contribution < -0.4 is 16.0 Å². The van der Waals surface area contributed by atoms with Gasteiger partial charge in [0.25, 0.3) is 5.03 Å². The lowest BCUT2D eigenvalue weighted by Crippen LogP contribution is -2.07. The van der Waals surface area contributed by atoms with E-state index < -0.39 is 0 Å². The zero-order chi connectivity index (χ0) is 15.4. The summed E-state index contributed by atoms with van der Waals surface area (Å²) in [5.41, 5.74) is 8.39. The topological polar surface area (TPSA) is 78.0 Å². The van der Waals surface area contributed by atoms with Gasteiger partial charge >= 0.3 is 0 Å². The highest BCUT2D eigenvalue weighted by Gasteiger charge is 2.14. The van der Waals surface area contributed by atoms with Crippen LogP contribution in [0.3, 0.4) is 0 Å². The van der Waals surface area contributed by atoms with Crippen molar-refractivity contribution in [1.29, 1.82) is 0 Å². The Morgan fingerprint density at radius 1 is 1.14 bits per heavy atom. The van der Waals surface area contributed by atoms with Crippen molar-refractivity contribution in [2.75, 3.05) is 18.1 Å². The van der Waals surface area contributed by atoms with Crippen LogP contribution in [0.5, 0.6) is 0 Å². The molecule has 22 heavy (non-hydrogen) atoms. The normalized spacial score (nSPS) is 10.4. The van der Waals surface area contributed by atoms with Crippen molar-refractivity contribution in [3.8, 4) is 11.3 Å². The molecular weight excluding hydrogens is 294 g/mol. The number of rotatable bonds is 4. The van der Waals surface area contributed by atoms with E-state index in [0.717, 1.165) is 26.9 Å². The van der Waals surface area contributed by atoms with E-state index in [4.69, 9.17) is 5.73 Å². The Hall–Kier alpha value is -2.60. The van der Waals surface area contributed by atoms with Gasteiger partial charge in [0, 0.05) is 29.9 Å². The van der Waals surface area contributed by atoms with Crippen LogP contribution in [0.25, 0.3) is 11.3 Å². The van der Waals surface area contributed by atoms with E-state index in [1.807, 2.05) is 48.7 Å². The third kappa shape index (κ3) is 3.17. The van der Waals surface area contributed by atoms with Gasteiger partial charge in [0.05, 0.1) is 11.3 Å². The molecule has 2 aromatic heterocycles. The molecule has 0 unspecified atom stereocenters. The number of aromatic amines is 1. The zero-order valence-corrected chi connectivity index (χ0v) is 12.9. The molecule has 6 heteroatoms. The minimum absolute atomic E-state index is 0.602. The maximum atomic E-state index is 5.73. The third-order valence-corrected chi connectivity index (χ3v) is 4.12. The molecule has 0 radical (unpaired) electrons. The number of H-pyrrole nitrogens is 1. The first kappa shape index (κ1) is 14.3. The fourth-order valence-corrected chi connectivity index (χ4v) is 2.91. The number of nitrogens with one attached hydrogen (secondary N) is 2. The average Bonchev–Trinajstić information content (AvgIpc) is 2.57. The first-order valence-electron chi connectivity index (χ1n) is 6.81. The average molecular weight is 310 g/mol. The number of nitrogens with two attached hydrogens (primary N) is 1. The molecule has 0 atom stereocenters. The molecule has 3 rings (SSSR count). The molecule has 0 aliphatic rings. The molecule has 1 aromatic carbocycles. The van der Waals surface area contributed by atoms with Crippen molar-refractivity contribution in [1.82, 2.24) is 9.97 Å². The molecule has 0 aliphatic carbocycles. The van der Waals surface area contributed by atoms with Crippen molar-refractivity contribution in [2.45, 2.75) is 9.92 Å². The van der Waals surface area contributed by atoms with Crippen molar-refractivity contribution in [2.24, 2.45) is 0 Å². The van der Waals surface area contributed by atoms with E-state index >= 15 is 0 Å². The summed E-state index contributed by atoms with van der Waals surface area (Å²) in [6.45, 7) is 0. The Labute approximate surface area is 133 Å². The Morgan fingerprint density at radius 2 is 1.95 bits per heavy atom. The van der Waals surface area contributed by atoms with Crippen LogP contribution in [0.4, 0.5) is 11.6 Å². The second-order valence-corrected chi connectivity index (χ2v) is 5.68. The van der Waals surface area contributed by atoms with Gasteiger partial charge in [-0.25, -0.2) is 15.0 Å². The van der Waals surface area contributed by atoms with Crippen LogP contribution in [0.1, 0.15) is 0 Å². The number of pyridine rings is 1. The minimum atomic E-state index is 0.602. The summed E-state index contributed by atoms with van der Waals surface area (Å²) < 4.78 is 0. The highest BCUT2D eigenvalue weighted by molar-refractivity contribution is 7.99. The Bertz CT molecular complexity index is 773. The van der Waals surface area contributed by atoms with Crippen LogP contribution >= 0.6 is 11.8 Å². The lowest BCUT2D eigenvalue weighted by atomic mass is 10.2. The predicted molar refractivity (Wildman–Crippen MR) is 88.5 cm³/mol.